The zero-order valence-electron chi connectivity index (χ0n) is 16.6. The number of ether oxygens (including phenoxy) is 1. The van der Waals surface area contributed by atoms with Gasteiger partial charge in [0.25, 0.3) is 0 Å². The van der Waals surface area contributed by atoms with Crippen molar-refractivity contribution >= 4 is 5.78 Å². The highest BCUT2D eigenvalue weighted by Crippen LogP contribution is 2.68. The van der Waals surface area contributed by atoms with Gasteiger partial charge < -0.3 is 27.5 Å². The maximum absolute atomic E-state index is 12.8. The molecule has 1 spiro atoms. The second kappa shape index (κ2) is 5.10. The summed E-state index contributed by atoms with van der Waals surface area (Å²) in [5, 5.41) is 34.7. The van der Waals surface area contributed by atoms with Crippen LogP contribution >= 0.6 is 0 Å². The number of phenolic OH excluding ortho intramolecular Hbond substituents is 1. The number of phenols is 1. The fourth-order valence-electron chi connectivity index (χ4n) is 6.93. The summed E-state index contributed by atoms with van der Waals surface area (Å²) in [6.45, 7) is 1.55. The van der Waals surface area contributed by atoms with E-state index in [0.717, 1.165) is 17.7 Å². The SMILES string of the molecule is C[N@+]1(CC2CC2)CC[C@]23c4c5ccc(O)c4O[C@H]2C(=O)CC[C@@]3(O)[C@@]1(O)C5.[CH3-]. The third-order valence-corrected chi connectivity index (χ3v) is 8.47. The van der Waals surface area contributed by atoms with Crippen LogP contribution in [-0.2, 0) is 16.6 Å². The van der Waals surface area contributed by atoms with Crippen molar-refractivity contribution in [2.75, 3.05) is 20.1 Å². The summed E-state index contributed by atoms with van der Waals surface area (Å²) in [5.74, 6) is 0.920. The van der Waals surface area contributed by atoms with E-state index in [1.54, 1.807) is 6.07 Å². The summed E-state index contributed by atoms with van der Waals surface area (Å²) in [4.78, 5) is 12.8. The van der Waals surface area contributed by atoms with Gasteiger partial charge in [-0.25, -0.2) is 0 Å². The summed E-state index contributed by atoms with van der Waals surface area (Å²) >= 11 is 0. The molecule has 2 aliphatic heterocycles. The van der Waals surface area contributed by atoms with Crippen LogP contribution in [0.3, 0.4) is 0 Å². The van der Waals surface area contributed by atoms with Crippen LogP contribution in [-0.4, -0.2) is 63.2 Å². The average Bonchev–Trinajstić information content (AvgIpc) is 3.35. The molecule has 2 heterocycles. The highest BCUT2D eigenvalue weighted by molar-refractivity contribution is 5.90. The van der Waals surface area contributed by atoms with Gasteiger partial charge in [0.1, 0.15) is 0 Å². The molecule has 0 aromatic heterocycles. The molecule has 5 atom stereocenters. The summed E-state index contributed by atoms with van der Waals surface area (Å²) in [5.41, 5.74) is -2.09. The minimum absolute atomic E-state index is 0. The van der Waals surface area contributed by atoms with Crippen molar-refractivity contribution < 1.29 is 29.3 Å². The number of nitrogens with zero attached hydrogens (tertiary/aromatic N) is 1. The predicted octanol–water partition coefficient (Wildman–Crippen LogP) is 1.44. The van der Waals surface area contributed by atoms with Crippen molar-refractivity contribution in [1.82, 2.24) is 0 Å². The van der Waals surface area contributed by atoms with Gasteiger partial charge in [0.15, 0.2) is 29.0 Å². The second-order valence-electron chi connectivity index (χ2n) is 9.73. The molecule has 1 aromatic carbocycles. The van der Waals surface area contributed by atoms with E-state index in [4.69, 9.17) is 4.74 Å². The number of aliphatic hydroxyl groups is 2. The molecule has 3 N–H and O–H groups in total. The van der Waals surface area contributed by atoms with Crippen LogP contribution in [0.4, 0.5) is 0 Å². The fourth-order valence-corrected chi connectivity index (χ4v) is 6.93. The topological polar surface area (TPSA) is 87.0 Å². The van der Waals surface area contributed by atoms with Crippen molar-refractivity contribution in [3.63, 3.8) is 0 Å². The molecule has 6 nitrogen and oxygen atoms in total. The minimum atomic E-state index is -1.44. The van der Waals surface area contributed by atoms with Gasteiger partial charge in [0, 0.05) is 24.3 Å². The number of aromatic hydroxyl groups is 1. The fraction of sp³-hybridized carbons (Fsp3) is 0.636. The Labute approximate surface area is 165 Å². The first-order valence-corrected chi connectivity index (χ1v) is 10.1. The van der Waals surface area contributed by atoms with Gasteiger partial charge in [-0.1, -0.05) is 6.07 Å². The van der Waals surface area contributed by atoms with Crippen LogP contribution in [0.15, 0.2) is 12.1 Å². The molecule has 3 fully saturated rings. The molecule has 0 radical (unpaired) electrons. The molecule has 1 aromatic rings. The van der Waals surface area contributed by atoms with E-state index in [2.05, 4.69) is 7.05 Å². The van der Waals surface area contributed by atoms with Crippen LogP contribution in [0.2, 0.25) is 0 Å². The molecular weight excluding hydrogens is 358 g/mol. The number of quaternary nitrogens is 1. The Hall–Kier alpha value is -1.63. The van der Waals surface area contributed by atoms with Crippen molar-refractivity contribution in [1.29, 1.82) is 0 Å². The quantitative estimate of drug-likeness (QED) is 0.528. The third-order valence-electron chi connectivity index (χ3n) is 8.47. The number of hydrogen-bond donors (Lipinski definition) is 3. The molecule has 1 saturated heterocycles. The van der Waals surface area contributed by atoms with E-state index in [9.17, 15) is 20.1 Å². The van der Waals surface area contributed by atoms with Crippen LogP contribution in [0, 0.1) is 13.3 Å². The smallest absolute Gasteiger partial charge is 0.235 e. The summed E-state index contributed by atoms with van der Waals surface area (Å²) in [6.07, 6.45) is 2.89. The number of piperidine rings is 1. The van der Waals surface area contributed by atoms with Crippen LogP contribution in [0.25, 0.3) is 0 Å². The van der Waals surface area contributed by atoms with E-state index in [0.29, 0.717) is 35.5 Å². The second-order valence-corrected chi connectivity index (χ2v) is 9.73. The number of likely N-dealkylation sites (N-methyl/N-ethyl adjacent to an activating group) is 1. The Morgan fingerprint density at radius 1 is 1.25 bits per heavy atom. The van der Waals surface area contributed by atoms with E-state index >= 15 is 0 Å². The highest BCUT2D eigenvalue weighted by atomic mass is 16.5. The van der Waals surface area contributed by atoms with Gasteiger partial charge >= 0.3 is 0 Å². The maximum Gasteiger partial charge on any atom is 0.235 e. The van der Waals surface area contributed by atoms with Gasteiger partial charge in [0.05, 0.1) is 32.0 Å². The molecule has 5 aliphatic rings. The highest BCUT2D eigenvalue weighted by Gasteiger charge is 2.82. The summed E-state index contributed by atoms with van der Waals surface area (Å²) in [6, 6.07) is 3.42. The first-order valence-electron chi connectivity index (χ1n) is 10.1. The monoisotopic (exact) mass is 387 g/mol. The number of rotatable bonds is 2. The van der Waals surface area contributed by atoms with Crippen LogP contribution in [0.1, 0.15) is 43.2 Å². The van der Waals surface area contributed by atoms with Crippen molar-refractivity contribution in [3.8, 4) is 11.5 Å². The van der Waals surface area contributed by atoms with Gasteiger partial charge in [-0.05, 0) is 30.9 Å². The number of hydrogen-bond acceptors (Lipinski definition) is 5. The number of carbonyl (C=O) groups excluding carboxylic acids is 1. The molecule has 0 amide bonds. The Bertz CT molecular complexity index is 897. The van der Waals surface area contributed by atoms with Gasteiger partial charge in [-0.2, -0.15) is 0 Å². The zero-order valence-corrected chi connectivity index (χ0v) is 16.6. The minimum Gasteiger partial charge on any atom is -0.504 e. The Balaban J connectivity index is 0.00000171. The standard InChI is InChI=1S/C21H25NO5.CH3/c1-22(11-12-2-3-12)9-8-19-16-13-4-5-14(23)17(16)27-18(19)15(24)6-7-20(19,25)21(22,26)10-13;/h4-5,12,18,25-26H,2-3,6-11H2,1H3;1H3/q;-1/p+1/t18-,19-,20-,21-,22+;/m0./s1. The maximum atomic E-state index is 12.8. The third kappa shape index (κ3) is 1.70. The number of carbonyl (C=O) groups is 1. The van der Waals surface area contributed by atoms with Gasteiger partial charge in [-0.15, -0.1) is 0 Å². The first kappa shape index (κ1) is 18.4. The zero-order chi connectivity index (χ0) is 18.8. The normalized spacial score (nSPS) is 45.1. The lowest BCUT2D eigenvalue weighted by atomic mass is 9.47. The number of Topliss-reactive ketones (excluding diaryl/α,β-unsaturated/α-hetero) is 1. The molecule has 0 unspecified atom stereocenters. The molecule has 6 rings (SSSR count). The molecule has 6 heteroatoms. The lowest BCUT2D eigenvalue weighted by Gasteiger charge is -2.67. The largest absolute Gasteiger partial charge is 0.504 e. The van der Waals surface area contributed by atoms with Crippen LogP contribution < -0.4 is 4.74 Å². The van der Waals surface area contributed by atoms with Crippen molar-refractivity contribution in [2.24, 2.45) is 5.92 Å². The van der Waals surface area contributed by atoms with Crippen molar-refractivity contribution in [2.45, 2.75) is 61.4 Å². The van der Waals surface area contributed by atoms with E-state index in [1.807, 2.05) is 6.07 Å². The van der Waals surface area contributed by atoms with Crippen molar-refractivity contribution in [3.05, 3.63) is 30.7 Å². The van der Waals surface area contributed by atoms with Crippen LogP contribution in [0.5, 0.6) is 11.5 Å². The molecule has 3 aliphatic carbocycles. The lowest BCUT2D eigenvalue weighted by molar-refractivity contribution is -1.00. The van der Waals surface area contributed by atoms with E-state index in [1.165, 1.54) is 12.8 Å². The van der Waals surface area contributed by atoms with E-state index < -0.39 is 22.8 Å². The summed E-state index contributed by atoms with van der Waals surface area (Å²) < 4.78 is 6.44. The Morgan fingerprint density at radius 3 is 2.71 bits per heavy atom. The molecule has 152 valence electrons. The molecule has 2 saturated carbocycles. The first-order chi connectivity index (χ1) is 12.8. The van der Waals surface area contributed by atoms with E-state index in [-0.39, 0.29) is 31.8 Å². The Kier molecular flexibility index (Phi) is 3.35. The van der Waals surface area contributed by atoms with Gasteiger partial charge in [-0.3, -0.25) is 9.28 Å². The molecular formula is C22H29NO5. The Morgan fingerprint density at radius 2 is 2.00 bits per heavy atom. The number of benzene rings is 1. The predicted molar refractivity (Wildman–Crippen MR) is 102 cm³/mol. The number of ketones is 1. The lowest BCUT2D eigenvalue weighted by Crippen LogP contribution is -2.87. The van der Waals surface area contributed by atoms with Gasteiger partial charge in [0.2, 0.25) is 5.72 Å². The summed E-state index contributed by atoms with van der Waals surface area (Å²) in [7, 11) is 2.07. The average molecular weight is 387 g/mol. The molecule has 2 bridgehead atoms. The number of likely N-dealkylation sites (tertiary alicyclic amines) is 1. The molecule has 28 heavy (non-hydrogen) atoms.